The predicted molar refractivity (Wildman–Crippen MR) is 112 cm³/mol. The Hall–Kier alpha value is -3.37. The number of rotatable bonds is 4. The molecule has 3 N–H and O–H groups in total. The van der Waals surface area contributed by atoms with Gasteiger partial charge in [-0.25, -0.2) is 18.4 Å². The van der Waals surface area contributed by atoms with Gasteiger partial charge in [-0.05, 0) is 36.4 Å². The van der Waals surface area contributed by atoms with Crippen LogP contribution in [0.2, 0.25) is 0 Å². The first kappa shape index (κ1) is 20.9. The molecule has 0 bridgehead atoms. The summed E-state index contributed by atoms with van der Waals surface area (Å²) in [6.07, 6.45) is 0.584. The molecule has 4 rings (SSSR count). The first-order valence-electron chi connectivity index (χ1n) is 9.45. The van der Waals surface area contributed by atoms with E-state index in [0.29, 0.717) is 25.1 Å². The molecular formula is C21H21N3O6S. The minimum atomic E-state index is -3.97. The Morgan fingerprint density at radius 3 is 2.58 bits per heavy atom. The van der Waals surface area contributed by atoms with E-state index in [0.717, 1.165) is 22.2 Å². The number of H-pyrrole nitrogens is 1. The van der Waals surface area contributed by atoms with Crippen LogP contribution in [0.25, 0.3) is 10.9 Å². The minimum Gasteiger partial charge on any atom is -0.496 e. The van der Waals surface area contributed by atoms with Gasteiger partial charge in [0.1, 0.15) is 5.75 Å². The van der Waals surface area contributed by atoms with Gasteiger partial charge < -0.3 is 19.4 Å². The minimum absolute atomic E-state index is 0.118. The number of nitrogens with zero attached hydrogens (tertiary/aromatic N) is 1. The van der Waals surface area contributed by atoms with Crippen molar-refractivity contribution in [1.82, 2.24) is 9.88 Å². The zero-order valence-corrected chi connectivity index (χ0v) is 17.8. The first-order valence-corrected chi connectivity index (χ1v) is 11.0. The van der Waals surface area contributed by atoms with E-state index in [1.807, 2.05) is 6.07 Å². The molecule has 1 aliphatic heterocycles. The summed E-state index contributed by atoms with van der Waals surface area (Å²) < 4.78 is 33.5. The van der Waals surface area contributed by atoms with Gasteiger partial charge in [-0.15, -0.1) is 0 Å². The second kappa shape index (κ2) is 7.71. The molecule has 0 atom stereocenters. The van der Waals surface area contributed by atoms with Crippen molar-refractivity contribution in [1.29, 1.82) is 0 Å². The van der Waals surface area contributed by atoms with Crippen molar-refractivity contribution in [3.8, 4) is 5.75 Å². The number of aromatic amines is 1. The van der Waals surface area contributed by atoms with Gasteiger partial charge in [-0.3, -0.25) is 4.79 Å². The highest BCUT2D eigenvalue weighted by atomic mass is 32.2. The molecule has 0 radical (unpaired) electrons. The fraction of sp³-hybridized carbons (Fsp3) is 0.238. The zero-order chi connectivity index (χ0) is 22.3. The average Bonchev–Trinajstić information content (AvgIpc) is 3.14. The molecule has 0 unspecified atom stereocenters. The van der Waals surface area contributed by atoms with Crippen LogP contribution in [0.4, 0.5) is 0 Å². The lowest BCUT2D eigenvalue weighted by atomic mass is 10.0. The summed E-state index contributed by atoms with van der Waals surface area (Å²) in [5.74, 6) is -0.549. The number of aromatic nitrogens is 1. The molecule has 0 saturated heterocycles. The van der Waals surface area contributed by atoms with Crippen LogP contribution in [0.1, 0.15) is 32.0 Å². The Labute approximate surface area is 178 Å². The van der Waals surface area contributed by atoms with Gasteiger partial charge >= 0.3 is 5.97 Å². The molecule has 1 aromatic heterocycles. The van der Waals surface area contributed by atoms with Gasteiger partial charge in [0.15, 0.2) is 0 Å². The fourth-order valence-corrected chi connectivity index (χ4v) is 4.37. The van der Waals surface area contributed by atoms with Gasteiger partial charge in [-0.2, -0.15) is 0 Å². The van der Waals surface area contributed by atoms with E-state index in [2.05, 4.69) is 4.98 Å². The summed E-state index contributed by atoms with van der Waals surface area (Å²) in [7, 11) is -1.24. The lowest BCUT2D eigenvalue weighted by molar-refractivity contribution is 0.0600. The summed E-state index contributed by atoms with van der Waals surface area (Å²) in [6.45, 7) is 0.729. The molecule has 3 aromatic rings. The lowest BCUT2D eigenvalue weighted by Crippen LogP contribution is -2.36. The van der Waals surface area contributed by atoms with Crippen molar-refractivity contribution < 1.29 is 27.5 Å². The normalized spacial score (nSPS) is 13.7. The van der Waals surface area contributed by atoms with Gasteiger partial charge in [0, 0.05) is 41.7 Å². The van der Waals surface area contributed by atoms with Crippen LogP contribution in [0.5, 0.6) is 5.75 Å². The molecule has 31 heavy (non-hydrogen) atoms. The molecule has 0 spiro atoms. The fourth-order valence-electron chi connectivity index (χ4n) is 3.83. The highest BCUT2D eigenvalue weighted by molar-refractivity contribution is 7.89. The molecular weight excluding hydrogens is 422 g/mol. The Bertz CT molecular complexity index is 1310. The van der Waals surface area contributed by atoms with E-state index in [1.165, 1.54) is 32.4 Å². The van der Waals surface area contributed by atoms with Crippen LogP contribution in [-0.4, -0.2) is 50.9 Å². The van der Waals surface area contributed by atoms with Crippen molar-refractivity contribution in [2.45, 2.75) is 17.9 Å². The maximum absolute atomic E-state index is 13.3. The molecule has 10 heteroatoms. The number of benzene rings is 2. The van der Waals surface area contributed by atoms with E-state index >= 15 is 0 Å². The van der Waals surface area contributed by atoms with Crippen molar-refractivity contribution in [2.24, 2.45) is 5.14 Å². The van der Waals surface area contributed by atoms with Crippen LogP contribution in [-0.2, 0) is 27.7 Å². The molecule has 162 valence electrons. The summed E-state index contributed by atoms with van der Waals surface area (Å²) in [6, 6.07) is 9.18. The molecule has 1 aliphatic rings. The predicted octanol–water partition coefficient (Wildman–Crippen LogP) is 1.81. The Morgan fingerprint density at radius 2 is 1.90 bits per heavy atom. The molecule has 9 nitrogen and oxygen atoms in total. The van der Waals surface area contributed by atoms with Gasteiger partial charge in [-0.1, -0.05) is 0 Å². The van der Waals surface area contributed by atoms with E-state index < -0.39 is 16.0 Å². The number of esters is 1. The maximum Gasteiger partial charge on any atom is 0.337 e. The maximum atomic E-state index is 13.3. The largest absolute Gasteiger partial charge is 0.496 e. The number of ether oxygens (including phenoxy) is 2. The smallest absolute Gasteiger partial charge is 0.337 e. The van der Waals surface area contributed by atoms with Crippen LogP contribution < -0.4 is 9.88 Å². The summed E-state index contributed by atoms with van der Waals surface area (Å²) in [5.41, 5.74) is 3.30. The van der Waals surface area contributed by atoms with Gasteiger partial charge in [0.25, 0.3) is 5.91 Å². The number of hydrogen-bond acceptors (Lipinski definition) is 6. The standard InChI is InChI=1S/C21H21N3O6S/c1-29-19-6-4-13(31(22,27)28)10-15(19)20(25)24-8-7-18-16(11-24)14-9-12(21(26)30-2)3-5-17(14)23-18/h3-6,9-10,23H,7-8,11H2,1-2H3,(H2,22,27,28). The van der Waals surface area contributed by atoms with Crippen LogP contribution in [0.3, 0.4) is 0 Å². The molecule has 2 heterocycles. The number of primary sulfonamides is 1. The highest BCUT2D eigenvalue weighted by Crippen LogP contribution is 2.31. The molecule has 2 aromatic carbocycles. The number of amides is 1. The zero-order valence-electron chi connectivity index (χ0n) is 17.0. The van der Waals surface area contributed by atoms with Crippen molar-refractivity contribution in [2.75, 3.05) is 20.8 Å². The number of nitrogens with two attached hydrogens (primary N) is 1. The number of hydrogen-bond donors (Lipinski definition) is 2. The van der Waals surface area contributed by atoms with E-state index in [9.17, 15) is 18.0 Å². The topological polar surface area (TPSA) is 132 Å². The number of sulfonamides is 1. The number of methoxy groups -OCH3 is 2. The molecule has 0 saturated carbocycles. The summed E-state index contributed by atoms with van der Waals surface area (Å²) in [4.78, 5) is 30.0. The third kappa shape index (κ3) is 3.75. The second-order valence-corrected chi connectivity index (χ2v) is 8.78. The van der Waals surface area contributed by atoms with Gasteiger partial charge in [0.05, 0.1) is 30.2 Å². The molecule has 0 aliphatic carbocycles. The van der Waals surface area contributed by atoms with Crippen LogP contribution in [0, 0.1) is 0 Å². The Kier molecular flexibility index (Phi) is 5.19. The van der Waals surface area contributed by atoms with E-state index in [4.69, 9.17) is 14.6 Å². The highest BCUT2D eigenvalue weighted by Gasteiger charge is 2.28. The number of nitrogens with one attached hydrogen (secondary N) is 1. The van der Waals surface area contributed by atoms with Crippen molar-refractivity contribution in [3.05, 3.63) is 58.8 Å². The monoisotopic (exact) mass is 443 g/mol. The summed E-state index contributed by atoms with van der Waals surface area (Å²) >= 11 is 0. The molecule has 1 amide bonds. The second-order valence-electron chi connectivity index (χ2n) is 7.22. The van der Waals surface area contributed by atoms with E-state index in [-0.39, 0.29) is 22.1 Å². The van der Waals surface area contributed by atoms with Gasteiger partial charge in [0.2, 0.25) is 10.0 Å². The first-order chi connectivity index (χ1) is 14.7. The van der Waals surface area contributed by atoms with Crippen molar-refractivity contribution >= 4 is 32.8 Å². The number of carbonyl (C=O) groups is 2. The van der Waals surface area contributed by atoms with Crippen LogP contribution in [0.15, 0.2) is 41.3 Å². The summed E-state index contributed by atoms with van der Waals surface area (Å²) in [5, 5.41) is 6.06. The van der Waals surface area contributed by atoms with Crippen molar-refractivity contribution in [3.63, 3.8) is 0 Å². The molecule has 0 fully saturated rings. The van der Waals surface area contributed by atoms with E-state index in [1.54, 1.807) is 17.0 Å². The SMILES string of the molecule is COC(=O)c1ccc2[nH]c3c(c2c1)CN(C(=O)c1cc(S(N)(=O)=O)ccc1OC)CC3. The number of carbonyl (C=O) groups excluding carboxylic acids is 2. The average molecular weight is 443 g/mol. The Balaban J connectivity index is 1.72. The number of fused-ring (bicyclic) bond motifs is 3. The third-order valence-corrected chi connectivity index (χ3v) is 6.32. The van der Waals surface area contributed by atoms with Crippen LogP contribution >= 0.6 is 0 Å². The lowest BCUT2D eigenvalue weighted by Gasteiger charge is -2.28. The quantitative estimate of drug-likeness (QED) is 0.591. The Morgan fingerprint density at radius 1 is 1.13 bits per heavy atom. The third-order valence-electron chi connectivity index (χ3n) is 5.41.